The molecule has 3 aromatic rings. The predicted molar refractivity (Wildman–Crippen MR) is 122 cm³/mol. The van der Waals surface area contributed by atoms with Gasteiger partial charge in [0.1, 0.15) is 5.01 Å². The summed E-state index contributed by atoms with van der Waals surface area (Å²) >= 11 is 1.46. The van der Waals surface area contributed by atoms with Crippen LogP contribution in [0, 0.1) is 0 Å². The molecule has 0 radical (unpaired) electrons. The number of methoxy groups -OCH3 is 2. The second-order valence-corrected chi connectivity index (χ2v) is 8.22. The molecule has 32 heavy (non-hydrogen) atoms. The molecule has 1 aliphatic heterocycles. The fourth-order valence-corrected chi connectivity index (χ4v) is 4.43. The minimum Gasteiger partial charge on any atom is -0.493 e. The summed E-state index contributed by atoms with van der Waals surface area (Å²) in [6.07, 6.45) is 5.48. The first-order chi connectivity index (χ1) is 15.6. The lowest BCUT2D eigenvalue weighted by atomic mass is 10.1. The van der Waals surface area contributed by atoms with E-state index in [1.54, 1.807) is 29.4 Å². The number of benzene rings is 1. The van der Waals surface area contributed by atoms with Crippen molar-refractivity contribution in [3.63, 3.8) is 0 Å². The van der Waals surface area contributed by atoms with E-state index in [4.69, 9.17) is 9.47 Å². The molecule has 8 nitrogen and oxygen atoms in total. The molecule has 1 aromatic carbocycles. The number of hydrogen-bond acceptors (Lipinski definition) is 7. The quantitative estimate of drug-likeness (QED) is 0.588. The average molecular weight is 453 g/mol. The maximum Gasteiger partial charge on any atom is 0.256 e. The van der Waals surface area contributed by atoms with Crippen molar-refractivity contribution >= 4 is 28.8 Å². The number of ether oxygens (including phenoxy) is 2. The SMILES string of the molecule is COc1cc(NC(=O)Cc2csc(-c3cccnc3)n2)c(C(=O)N2CCCC2)cc1OC. The molecule has 1 saturated heterocycles. The Labute approximate surface area is 190 Å². The first-order valence-corrected chi connectivity index (χ1v) is 11.2. The lowest BCUT2D eigenvalue weighted by Crippen LogP contribution is -2.29. The monoisotopic (exact) mass is 452 g/mol. The first-order valence-electron chi connectivity index (χ1n) is 10.3. The summed E-state index contributed by atoms with van der Waals surface area (Å²) in [5, 5.41) is 5.53. The van der Waals surface area contributed by atoms with E-state index in [0.29, 0.717) is 41.5 Å². The third-order valence-electron chi connectivity index (χ3n) is 5.22. The molecule has 0 atom stereocenters. The molecule has 1 N–H and O–H groups in total. The molecule has 2 aromatic heterocycles. The van der Waals surface area contributed by atoms with Crippen molar-refractivity contribution in [3.05, 3.63) is 53.3 Å². The minimum absolute atomic E-state index is 0.0858. The van der Waals surface area contributed by atoms with E-state index >= 15 is 0 Å². The maximum atomic E-state index is 13.1. The Morgan fingerprint density at radius 1 is 1.16 bits per heavy atom. The zero-order valence-corrected chi connectivity index (χ0v) is 18.8. The zero-order valence-electron chi connectivity index (χ0n) is 18.0. The van der Waals surface area contributed by atoms with Crippen LogP contribution in [-0.2, 0) is 11.2 Å². The standard InChI is InChI=1S/C23H24N4O4S/c1-30-19-11-17(23(29)27-8-3-4-9-27)18(12-20(19)31-2)26-21(28)10-16-14-32-22(25-16)15-6-5-7-24-13-15/h5-7,11-14H,3-4,8-10H2,1-2H3,(H,26,28). The summed E-state index contributed by atoms with van der Waals surface area (Å²) < 4.78 is 10.7. The van der Waals surface area contributed by atoms with Crippen molar-refractivity contribution in [3.8, 4) is 22.1 Å². The summed E-state index contributed by atoms with van der Waals surface area (Å²) in [5.41, 5.74) is 2.33. The van der Waals surface area contributed by atoms with Gasteiger partial charge in [0.05, 0.1) is 37.6 Å². The molecule has 0 saturated carbocycles. The molecule has 0 aliphatic carbocycles. The number of carbonyl (C=O) groups is 2. The Bertz CT molecular complexity index is 1110. The van der Waals surface area contributed by atoms with Crippen LogP contribution >= 0.6 is 11.3 Å². The fourth-order valence-electron chi connectivity index (χ4n) is 3.62. The highest BCUT2D eigenvalue weighted by Crippen LogP contribution is 2.34. The number of nitrogens with one attached hydrogen (secondary N) is 1. The van der Waals surface area contributed by atoms with E-state index in [1.807, 2.05) is 17.5 Å². The maximum absolute atomic E-state index is 13.1. The number of anilines is 1. The smallest absolute Gasteiger partial charge is 0.256 e. The molecule has 3 heterocycles. The summed E-state index contributed by atoms with van der Waals surface area (Å²) in [5.74, 6) is 0.476. The molecule has 2 amide bonds. The Hall–Kier alpha value is -3.46. The van der Waals surface area contributed by atoms with Crippen LogP contribution in [-0.4, -0.2) is 54.0 Å². The Morgan fingerprint density at radius 3 is 2.59 bits per heavy atom. The van der Waals surface area contributed by atoms with Gasteiger partial charge in [-0.05, 0) is 31.0 Å². The highest BCUT2D eigenvalue weighted by atomic mass is 32.1. The van der Waals surface area contributed by atoms with Crippen LogP contribution in [0.3, 0.4) is 0 Å². The van der Waals surface area contributed by atoms with Gasteiger partial charge in [-0.1, -0.05) is 0 Å². The van der Waals surface area contributed by atoms with Crippen LogP contribution in [0.25, 0.3) is 10.6 Å². The Morgan fingerprint density at radius 2 is 1.91 bits per heavy atom. The number of nitrogens with zero attached hydrogens (tertiary/aromatic N) is 3. The van der Waals surface area contributed by atoms with Crippen LogP contribution in [0.15, 0.2) is 42.0 Å². The number of likely N-dealkylation sites (tertiary alicyclic amines) is 1. The van der Waals surface area contributed by atoms with E-state index in [9.17, 15) is 9.59 Å². The van der Waals surface area contributed by atoms with Gasteiger partial charge in [0.15, 0.2) is 11.5 Å². The molecule has 0 bridgehead atoms. The molecule has 9 heteroatoms. The summed E-state index contributed by atoms with van der Waals surface area (Å²) in [4.78, 5) is 36.4. The largest absolute Gasteiger partial charge is 0.493 e. The third-order valence-corrected chi connectivity index (χ3v) is 6.16. The molecule has 0 spiro atoms. The van der Waals surface area contributed by atoms with E-state index in [-0.39, 0.29) is 18.2 Å². The van der Waals surface area contributed by atoms with Gasteiger partial charge in [-0.2, -0.15) is 0 Å². The Kier molecular flexibility index (Phi) is 6.65. The van der Waals surface area contributed by atoms with Crippen LogP contribution in [0.2, 0.25) is 0 Å². The van der Waals surface area contributed by atoms with Crippen molar-refractivity contribution in [2.75, 3.05) is 32.6 Å². The summed E-state index contributed by atoms with van der Waals surface area (Å²) in [7, 11) is 3.03. The van der Waals surface area contributed by atoms with Crippen LogP contribution in [0.5, 0.6) is 11.5 Å². The molecule has 0 unspecified atom stereocenters. The van der Waals surface area contributed by atoms with Crippen molar-refractivity contribution < 1.29 is 19.1 Å². The fraction of sp³-hybridized carbons (Fsp3) is 0.304. The van der Waals surface area contributed by atoms with E-state index in [2.05, 4.69) is 15.3 Å². The zero-order chi connectivity index (χ0) is 22.5. The van der Waals surface area contributed by atoms with Crippen molar-refractivity contribution in [2.45, 2.75) is 19.3 Å². The van der Waals surface area contributed by atoms with E-state index in [0.717, 1.165) is 23.4 Å². The number of amides is 2. The third kappa shape index (κ3) is 4.72. The molecule has 4 rings (SSSR count). The lowest BCUT2D eigenvalue weighted by Gasteiger charge is -2.20. The number of aromatic nitrogens is 2. The highest BCUT2D eigenvalue weighted by Gasteiger charge is 2.25. The molecular weight excluding hydrogens is 428 g/mol. The van der Waals surface area contributed by atoms with E-state index in [1.165, 1.54) is 25.6 Å². The molecule has 1 fully saturated rings. The molecule has 1 aliphatic rings. The average Bonchev–Trinajstić information content (AvgIpc) is 3.51. The molecular formula is C23H24N4O4S. The number of rotatable bonds is 7. The van der Waals surface area contributed by atoms with Crippen molar-refractivity contribution in [1.82, 2.24) is 14.9 Å². The number of hydrogen-bond donors (Lipinski definition) is 1. The van der Waals surface area contributed by atoms with Gasteiger partial charge >= 0.3 is 0 Å². The van der Waals surface area contributed by atoms with Crippen LogP contribution in [0.1, 0.15) is 28.9 Å². The second kappa shape index (κ2) is 9.78. The number of thiazole rings is 1. The van der Waals surface area contributed by atoms with Crippen molar-refractivity contribution in [1.29, 1.82) is 0 Å². The van der Waals surface area contributed by atoms with Gasteiger partial charge in [0, 0.05) is 42.5 Å². The van der Waals surface area contributed by atoms with E-state index < -0.39 is 0 Å². The number of pyridine rings is 1. The lowest BCUT2D eigenvalue weighted by molar-refractivity contribution is -0.115. The van der Waals surface area contributed by atoms with Gasteiger partial charge in [-0.3, -0.25) is 14.6 Å². The van der Waals surface area contributed by atoms with Gasteiger partial charge < -0.3 is 19.7 Å². The molecule has 166 valence electrons. The highest BCUT2D eigenvalue weighted by molar-refractivity contribution is 7.13. The predicted octanol–water partition coefficient (Wildman–Crippen LogP) is 3.64. The Balaban J connectivity index is 1.55. The van der Waals surface area contributed by atoms with Crippen LogP contribution in [0.4, 0.5) is 5.69 Å². The van der Waals surface area contributed by atoms with Gasteiger partial charge in [-0.15, -0.1) is 11.3 Å². The summed E-state index contributed by atoms with van der Waals surface area (Å²) in [6, 6.07) is 7.02. The van der Waals surface area contributed by atoms with Crippen LogP contribution < -0.4 is 14.8 Å². The normalized spacial score (nSPS) is 13.1. The van der Waals surface area contributed by atoms with Crippen molar-refractivity contribution in [2.24, 2.45) is 0 Å². The summed E-state index contributed by atoms with van der Waals surface area (Å²) in [6.45, 7) is 1.41. The van der Waals surface area contributed by atoms with Gasteiger partial charge in [-0.25, -0.2) is 4.98 Å². The minimum atomic E-state index is -0.268. The first kappa shape index (κ1) is 21.8. The van der Waals surface area contributed by atoms with Gasteiger partial charge in [0.2, 0.25) is 5.91 Å². The van der Waals surface area contributed by atoms with Gasteiger partial charge in [0.25, 0.3) is 5.91 Å². The topological polar surface area (TPSA) is 93.7 Å². The number of carbonyl (C=O) groups excluding carboxylic acids is 2. The second-order valence-electron chi connectivity index (χ2n) is 7.36.